The van der Waals surface area contributed by atoms with Crippen LogP contribution in [-0.4, -0.2) is 41.2 Å². The summed E-state index contributed by atoms with van der Waals surface area (Å²) in [7, 11) is 5.84. The minimum absolute atomic E-state index is 0.0350. The third kappa shape index (κ3) is 2.67. The van der Waals surface area contributed by atoms with Gasteiger partial charge in [-0.25, -0.2) is 0 Å². The fourth-order valence-corrected chi connectivity index (χ4v) is 2.23. The first-order valence-corrected chi connectivity index (χ1v) is 6.70. The Bertz CT molecular complexity index is 640. The van der Waals surface area contributed by atoms with Crippen molar-refractivity contribution in [1.82, 2.24) is 14.5 Å². The molecule has 19 heavy (non-hydrogen) atoms. The van der Waals surface area contributed by atoms with Crippen molar-refractivity contribution in [1.29, 1.82) is 0 Å². The molecule has 1 aromatic carbocycles. The molecule has 0 bridgehead atoms. The molecule has 0 aliphatic rings. The first-order valence-electron chi connectivity index (χ1n) is 6.29. The number of benzene rings is 1. The highest BCUT2D eigenvalue weighted by Gasteiger charge is 2.22. The lowest BCUT2D eigenvalue weighted by atomic mass is 10.0. The van der Waals surface area contributed by atoms with E-state index in [1.807, 2.05) is 18.2 Å². The van der Waals surface area contributed by atoms with Crippen LogP contribution in [0.1, 0.15) is 13.8 Å². The number of fused-ring (bicyclic) bond motifs is 1. The van der Waals surface area contributed by atoms with E-state index in [0.717, 1.165) is 28.1 Å². The highest BCUT2D eigenvalue weighted by molar-refractivity contribution is 7.71. The van der Waals surface area contributed by atoms with Gasteiger partial charge in [0.25, 0.3) is 0 Å². The van der Waals surface area contributed by atoms with Crippen LogP contribution in [0.25, 0.3) is 11.0 Å². The van der Waals surface area contributed by atoms with E-state index in [2.05, 4.69) is 42.4 Å². The molecule has 0 radical (unpaired) electrons. The number of aromatic amines is 1. The second kappa shape index (κ2) is 4.98. The van der Waals surface area contributed by atoms with Crippen LogP contribution >= 0.6 is 12.2 Å². The molecule has 104 valence electrons. The summed E-state index contributed by atoms with van der Waals surface area (Å²) in [6, 6.07) is 5.99. The van der Waals surface area contributed by atoms with Gasteiger partial charge in [-0.1, -0.05) is 0 Å². The van der Waals surface area contributed by atoms with Crippen LogP contribution in [0.15, 0.2) is 18.2 Å². The van der Waals surface area contributed by atoms with Gasteiger partial charge in [0.15, 0.2) is 4.77 Å². The average Bonchev–Trinajstić information content (AvgIpc) is 2.64. The Balaban J connectivity index is 2.50. The van der Waals surface area contributed by atoms with Crippen molar-refractivity contribution in [2.75, 3.05) is 21.2 Å². The Kier molecular flexibility index (Phi) is 3.69. The SMILES string of the molecule is COc1ccc2c(c1)[nH]c(=S)n2CC(C)(C)N(C)C. The van der Waals surface area contributed by atoms with E-state index in [0.29, 0.717) is 0 Å². The van der Waals surface area contributed by atoms with Crippen LogP contribution in [0.5, 0.6) is 5.75 Å². The number of imidazole rings is 1. The van der Waals surface area contributed by atoms with E-state index in [-0.39, 0.29) is 5.54 Å². The fraction of sp³-hybridized carbons (Fsp3) is 0.500. The van der Waals surface area contributed by atoms with Crippen LogP contribution in [0.2, 0.25) is 0 Å². The van der Waals surface area contributed by atoms with Gasteiger partial charge in [-0.05, 0) is 52.3 Å². The van der Waals surface area contributed by atoms with E-state index < -0.39 is 0 Å². The Hall–Kier alpha value is -1.33. The van der Waals surface area contributed by atoms with Crippen molar-refractivity contribution >= 4 is 23.3 Å². The number of aromatic nitrogens is 2. The summed E-state index contributed by atoms with van der Waals surface area (Å²) in [4.78, 5) is 5.45. The summed E-state index contributed by atoms with van der Waals surface area (Å²) in [6.07, 6.45) is 0. The number of nitrogens with zero attached hydrogens (tertiary/aromatic N) is 2. The molecule has 0 aliphatic heterocycles. The first kappa shape index (κ1) is 14.1. The molecule has 5 heteroatoms. The first-order chi connectivity index (χ1) is 8.85. The van der Waals surface area contributed by atoms with E-state index in [9.17, 15) is 0 Å². The number of ether oxygens (including phenoxy) is 1. The summed E-state index contributed by atoms with van der Waals surface area (Å²) >= 11 is 5.44. The standard InChI is InChI=1S/C14H21N3OS/c1-14(2,16(3)4)9-17-12-7-6-10(18-5)8-11(12)15-13(17)19/h6-8H,9H2,1-5H3,(H,15,19). The Morgan fingerprint density at radius 2 is 2.05 bits per heavy atom. The number of nitrogens with one attached hydrogen (secondary N) is 1. The van der Waals surface area contributed by atoms with E-state index in [1.165, 1.54) is 0 Å². The van der Waals surface area contributed by atoms with Crippen LogP contribution < -0.4 is 4.74 Å². The van der Waals surface area contributed by atoms with Crippen molar-refractivity contribution in [3.05, 3.63) is 23.0 Å². The molecule has 0 aliphatic carbocycles. The summed E-state index contributed by atoms with van der Waals surface area (Å²) in [5.74, 6) is 0.836. The molecule has 0 spiro atoms. The zero-order valence-electron chi connectivity index (χ0n) is 12.2. The number of likely N-dealkylation sites (N-methyl/N-ethyl adjacent to an activating group) is 1. The molecule has 0 unspecified atom stereocenters. The van der Waals surface area contributed by atoms with Crippen molar-refractivity contribution in [3.8, 4) is 5.75 Å². The lowest BCUT2D eigenvalue weighted by Crippen LogP contribution is -2.42. The van der Waals surface area contributed by atoms with Crippen LogP contribution in [0.3, 0.4) is 0 Å². The highest BCUT2D eigenvalue weighted by atomic mass is 32.1. The minimum Gasteiger partial charge on any atom is -0.497 e. The number of methoxy groups -OCH3 is 1. The molecular weight excluding hydrogens is 258 g/mol. The van der Waals surface area contributed by atoms with Gasteiger partial charge in [0, 0.05) is 18.2 Å². The van der Waals surface area contributed by atoms with Gasteiger partial charge in [0.05, 0.1) is 18.1 Å². The second-order valence-corrected chi connectivity index (χ2v) is 5.99. The Morgan fingerprint density at radius 1 is 1.37 bits per heavy atom. The van der Waals surface area contributed by atoms with E-state index >= 15 is 0 Å². The van der Waals surface area contributed by atoms with Gasteiger partial charge >= 0.3 is 0 Å². The molecule has 0 saturated carbocycles. The normalized spacial score (nSPS) is 12.3. The predicted octanol–water partition coefficient (Wildman–Crippen LogP) is 3.05. The molecule has 1 aromatic heterocycles. The van der Waals surface area contributed by atoms with Gasteiger partial charge in [-0.2, -0.15) is 0 Å². The molecule has 0 saturated heterocycles. The summed E-state index contributed by atoms with van der Waals surface area (Å²) in [5.41, 5.74) is 2.16. The number of hydrogen-bond donors (Lipinski definition) is 1. The zero-order chi connectivity index (χ0) is 14.2. The zero-order valence-corrected chi connectivity index (χ0v) is 13.0. The van der Waals surface area contributed by atoms with Crippen LogP contribution in [-0.2, 0) is 6.54 Å². The fourth-order valence-electron chi connectivity index (χ4n) is 1.96. The molecule has 1 heterocycles. The maximum atomic E-state index is 5.44. The molecular formula is C14H21N3OS. The summed E-state index contributed by atoms with van der Waals surface area (Å²) in [5, 5.41) is 0. The third-order valence-corrected chi connectivity index (χ3v) is 4.06. The Labute approximate surface area is 119 Å². The average molecular weight is 279 g/mol. The molecule has 1 N–H and O–H groups in total. The molecule has 2 aromatic rings. The quantitative estimate of drug-likeness (QED) is 0.873. The maximum absolute atomic E-state index is 5.44. The Morgan fingerprint density at radius 3 is 2.63 bits per heavy atom. The molecule has 0 atom stereocenters. The maximum Gasteiger partial charge on any atom is 0.178 e. The highest BCUT2D eigenvalue weighted by Crippen LogP contribution is 2.23. The smallest absolute Gasteiger partial charge is 0.178 e. The monoisotopic (exact) mass is 279 g/mol. The summed E-state index contributed by atoms with van der Waals surface area (Å²) < 4.78 is 8.13. The van der Waals surface area contributed by atoms with Crippen molar-refractivity contribution in [2.24, 2.45) is 0 Å². The lowest BCUT2D eigenvalue weighted by Gasteiger charge is -2.33. The van der Waals surface area contributed by atoms with Crippen molar-refractivity contribution in [3.63, 3.8) is 0 Å². The minimum atomic E-state index is 0.0350. The van der Waals surface area contributed by atoms with Gasteiger partial charge < -0.3 is 19.2 Å². The van der Waals surface area contributed by atoms with Crippen molar-refractivity contribution in [2.45, 2.75) is 25.9 Å². The van der Waals surface area contributed by atoms with Crippen LogP contribution in [0, 0.1) is 4.77 Å². The largest absolute Gasteiger partial charge is 0.497 e. The molecule has 2 rings (SSSR count). The molecule has 4 nitrogen and oxygen atoms in total. The number of H-pyrrole nitrogens is 1. The third-order valence-electron chi connectivity index (χ3n) is 3.74. The topological polar surface area (TPSA) is 33.2 Å². The molecule has 0 fully saturated rings. The van der Waals surface area contributed by atoms with Gasteiger partial charge in [-0.3, -0.25) is 0 Å². The van der Waals surface area contributed by atoms with Crippen molar-refractivity contribution < 1.29 is 4.74 Å². The molecule has 0 amide bonds. The number of rotatable bonds is 4. The second-order valence-electron chi connectivity index (χ2n) is 5.61. The number of hydrogen-bond acceptors (Lipinski definition) is 3. The lowest BCUT2D eigenvalue weighted by molar-refractivity contribution is 0.170. The van der Waals surface area contributed by atoms with Gasteiger partial charge in [-0.15, -0.1) is 0 Å². The predicted molar refractivity (Wildman–Crippen MR) is 81.4 cm³/mol. The van der Waals surface area contributed by atoms with Gasteiger partial charge in [0.1, 0.15) is 5.75 Å². The van der Waals surface area contributed by atoms with E-state index in [4.69, 9.17) is 17.0 Å². The van der Waals surface area contributed by atoms with Crippen LogP contribution in [0.4, 0.5) is 0 Å². The summed E-state index contributed by atoms with van der Waals surface area (Å²) in [6.45, 7) is 5.25. The van der Waals surface area contributed by atoms with E-state index in [1.54, 1.807) is 7.11 Å². The van der Waals surface area contributed by atoms with Gasteiger partial charge in [0.2, 0.25) is 0 Å².